The van der Waals surface area contributed by atoms with Gasteiger partial charge in [0, 0.05) is 24.2 Å². The molecule has 0 amide bonds. The van der Waals surface area contributed by atoms with E-state index in [0.717, 1.165) is 36.6 Å². The lowest BCUT2D eigenvalue weighted by atomic mass is 9.81. The zero-order valence-electron chi connectivity index (χ0n) is 12.8. The highest BCUT2D eigenvalue weighted by Crippen LogP contribution is 2.36. The number of likely N-dealkylation sites (tertiary alicyclic amines) is 1. The van der Waals surface area contributed by atoms with Crippen molar-refractivity contribution in [3.05, 3.63) is 0 Å². The van der Waals surface area contributed by atoms with Gasteiger partial charge >= 0.3 is 0 Å². The lowest BCUT2D eigenvalue weighted by Gasteiger charge is -2.45. The Hall–Kier alpha value is -0.0800. The summed E-state index contributed by atoms with van der Waals surface area (Å²) in [5.41, 5.74) is 0. The minimum absolute atomic E-state index is 0.737. The van der Waals surface area contributed by atoms with Gasteiger partial charge in [-0.3, -0.25) is 4.90 Å². The highest BCUT2D eigenvalue weighted by atomic mass is 15.3. The fourth-order valence-electron chi connectivity index (χ4n) is 4.28. The van der Waals surface area contributed by atoms with E-state index in [1.54, 1.807) is 0 Å². The van der Waals surface area contributed by atoms with Crippen LogP contribution in [0.25, 0.3) is 0 Å². The van der Waals surface area contributed by atoms with E-state index in [1.165, 1.54) is 38.5 Å². The summed E-state index contributed by atoms with van der Waals surface area (Å²) in [6.45, 7) is 10.6. The molecule has 1 aliphatic carbocycles. The standard InChI is InChI=1S/C16H32N2/c1-5-14-9-8-13(4)18(14)16-11-12(3)7-10-15(16)17-6-2/h12-17H,5-11H2,1-4H3. The van der Waals surface area contributed by atoms with Crippen LogP contribution in [-0.2, 0) is 0 Å². The minimum atomic E-state index is 0.737. The quantitative estimate of drug-likeness (QED) is 0.825. The Kier molecular flexibility index (Phi) is 5.08. The summed E-state index contributed by atoms with van der Waals surface area (Å²) in [5.74, 6) is 0.912. The molecule has 0 radical (unpaired) electrons. The first kappa shape index (κ1) is 14.3. The molecular formula is C16H32N2. The first-order valence-corrected chi connectivity index (χ1v) is 8.18. The van der Waals surface area contributed by atoms with Gasteiger partial charge in [-0.2, -0.15) is 0 Å². The van der Waals surface area contributed by atoms with Crippen molar-refractivity contribution in [2.75, 3.05) is 6.54 Å². The van der Waals surface area contributed by atoms with E-state index in [9.17, 15) is 0 Å². The van der Waals surface area contributed by atoms with Crippen LogP contribution in [0.2, 0.25) is 0 Å². The maximum atomic E-state index is 3.76. The normalized spacial score (nSPS) is 42.3. The molecule has 1 N–H and O–H groups in total. The second-order valence-corrected chi connectivity index (χ2v) is 6.59. The third-order valence-corrected chi connectivity index (χ3v) is 5.25. The molecule has 2 fully saturated rings. The van der Waals surface area contributed by atoms with Gasteiger partial charge in [0.25, 0.3) is 0 Å². The first-order chi connectivity index (χ1) is 8.67. The van der Waals surface area contributed by atoms with Crippen LogP contribution in [-0.4, -0.2) is 35.6 Å². The smallest absolute Gasteiger partial charge is 0.0257 e. The van der Waals surface area contributed by atoms with Crippen LogP contribution in [0.1, 0.15) is 66.2 Å². The van der Waals surface area contributed by atoms with Crippen LogP contribution >= 0.6 is 0 Å². The third kappa shape index (κ3) is 2.91. The average molecular weight is 252 g/mol. The maximum absolute atomic E-state index is 3.76. The Bertz CT molecular complexity index is 253. The molecule has 18 heavy (non-hydrogen) atoms. The van der Waals surface area contributed by atoms with Gasteiger partial charge in [-0.15, -0.1) is 0 Å². The van der Waals surface area contributed by atoms with Crippen molar-refractivity contribution in [3.63, 3.8) is 0 Å². The summed E-state index contributed by atoms with van der Waals surface area (Å²) < 4.78 is 0. The molecule has 1 aliphatic heterocycles. The van der Waals surface area contributed by atoms with Crippen molar-refractivity contribution in [2.24, 2.45) is 5.92 Å². The number of rotatable bonds is 4. The van der Waals surface area contributed by atoms with Crippen LogP contribution < -0.4 is 5.32 Å². The highest BCUT2D eigenvalue weighted by molar-refractivity contribution is 4.97. The van der Waals surface area contributed by atoms with Crippen molar-refractivity contribution in [2.45, 2.75) is 90.4 Å². The molecule has 0 spiro atoms. The Morgan fingerprint density at radius 2 is 1.83 bits per heavy atom. The maximum Gasteiger partial charge on any atom is 0.0257 e. The molecule has 1 heterocycles. The molecule has 0 aromatic heterocycles. The lowest BCUT2D eigenvalue weighted by molar-refractivity contribution is 0.0622. The molecule has 106 valence electrons. The number of nitrogens with zero attached hydrogens (tertiary/aromatic N) is 1. The van der Waals surface area contributed by atoms with Gasteiger partial charge < -0.3 is 5.32 Å². The van der Waals surface area contributed by atoms with Crippen molar-refractivity contribution >= 4 is 0 Å². The van der Waals surface area contributed by atoms with Gasteiger partial charge in [-0.05, 0) is 57.9 Å². The molecule has 5 unspecified atom stereocenters. The van der Waals surface area contributed by atoms with Gasteiger partial charge in [-0.25, -0.2) is 0 Å². The molecule has 0 aromatic carbocycles. The molecule has 0 aromatic rings. The SMILES string of the molecule is CCNC1CCC(C)CC1N1C(C)CCC1CC. The van der Waals surface area contributed by atoms with E-state index in [-0.39, 0.29) is 0 Å². The van der Waals surface area contributed by atoms with E-state index >= 15 is 0 Å². The van der Waals surface area contributed by atoms with Crippen LogP contribution in [0.5, 0.6) is 0 Å². The summed E-state index contributed by atoms with van der Waals surface area (Å²) in [4.78, 5) is 2.88. The molecule has 2 heteroatoms. The fourth-order valence-corrected chi connectivity index (χ4v) is 4.28. The molecule has 1 saturated heterocycles. The zero-order valence-corrected chi connectivity index (χ0v) is 12.8. The van der Waals surface area contributed by atoms with E-state index in [1.807, 2.05) is 0 Å². The van der Waals surface area contributed by atoms with Gasteiger partial charge in [0.05, 0.1) is 0 Å². The van der Waals surface area contributed by atoms with Crippen molar-refractivity contribution in [1.29, 1.82) is 0 Å². The van der Waals surface area contributed by atoms with Crippen LogP contribution in [0, 0.1) is 5.92 Å². The van der Waals surface area contributed by atoms with Crippen molar-refractivity contribution in [1.82, 2.24) is 10.2 Å². The lowest BCUT2D eigenvalue weighted by Crippen LogP contribution is -2.56. The Labute approximate surface area is 114 Å². The van der Waals surface area contributed by atoms with Crippen LogP contribution in [0.15, 0.2) is 0 Å². The summed E-state index contributed by atoms with van der Waals surface area (Å²) >= 11 is 0. The fraction of sp³-hybridized carbons (Fsp3) is 1.00. The molecule has 1 saturated carbocycles. The van der Waals surface area contributed by atoms with E-state index in [2.05, 4.69) is 37.9 Å². The molecule has 2 aliphatic rings. The summed E-state index contributed by atoms with van der Waals surface area (Å²) in [6.07, 6.45) is 8.34. The predicted molar refractivity (Wildman–Crippen MR) is 78.9 cm³/mol. The number of likely N-dealkylation sites (N-methyl/N-ethyl adjacent to an activating group) is 1. The van der Waals surface area contributed by atoms with Crippen LogP contribution in [0.3, 0.4) is 0 Å². The molecular weight excluding hydrogens is 220 g/mol. The largest absolute Gasteiger partial charge is 0.313 e. The Morgan fingerprint density at radius 3 is 2.50 bits per heavy atom. The molecule has 5 atom stereocenters. The van der Waals surface area contributed by atoms with Crippen molar-refractivity contribution < 1.29 is 0 Å². The van der Waals surface area contributed by atoms with Gasteiger partial charge in [-0.1, -0.05) is 20.8 Å². The molecule has 2 nitrogen and oxygen atoms in total. The van der Waals surface area contributed by atoms with Gasteiger partial charge in [0.15, 0.2) is 0 Å². The Balaban J connectivity index is 2.10. The van der Waals surface area contributed by atoms with Crippen LogP contribution in [0.4, 0.5) is 0 Å². The summed E-state index contributed by atoms with van der Waals surface area (Å²) in [7, 11) is 0. The average Bonchev–Trinajstić information content (AvgIpc) is 2.73. The number of hydrogen-bond acceptors (Lipinski definition) is 2. The predicted octanol–water partition coefficient (Wildman–Crippen LogP) is 3.42. The number of nitrogens with one attached hydrogen (secondary N) is 1. The second kappa shape index (κ2) is 6.38. The monoisotopic (exact) mass is 252 g/mol. The third-order valence-electron chi connectivity index (χ3n) is 5.25. The first-order valence-electron chi connectivity index (χ1n) is 8.18. The molecule has 0 bridgehead atoms. The van der Waals surface area contributed by atoms with E-state index in [0.29, 0.717) is 0 Å². The number of hydrogen-bond donors (Lipinski definition) is 1. The highest BCUT2D eigenvalue weighted by Gasteiger charge is 2.40. The summed E-state index contributed by atoms with van der Waals surface area (Å²) in [6, 6.07) is 3.17. The van der Waals surface area contributed by atoms with E-state index < -0.39 is 0 Å². The summed E-state index contributed by atoms with van der Waals surface area (Å²) in [5, 5.41) is 3.76. The van der Waals surface area contributed by atoms with Gasteiger partial charge in [0.2, 0.25) is 0 Å². The topological polar surface area (TPSA) is 15.3 Å². The van der Waals surface area contributed by atoms with Gasteiger partial charge in [0.1, 0.15) is 0 Å². The van der Waals surface area contributed by atoms with E-state index in [4.69, 9.17) is 0 Å². The molecule has 2 rings (SSSR count). The Morgan fingerprint density at radius 1 is 1.06 bits per heavy atom. The van der Waals surface area contributed by atoms with Crippen molar-refractivity contribution in [3.8, 4) is 0 Å². The minimum Gasteiger partial charge on any atom is -0.313 e. The zero-order chi connectivity index (χ0) is 13.1. The second-order valence-electron chi connectivity index (χ2n) is 6.59.